The molecule has 4 heteroatoms. The molecule has 88 valence electrons. The molecule has 0 spiro atoms. The monoisotopic (exact) mass is 229 g/mol. The van der Waals surface area contributed by atoms with E-state index >= 15 is 0 Å². The number of rotatable bonds is 1. The molecule has 0 unspecified atom stereocenters. The number of carbonyl (C=O) groups excluding carboxylic acids is 1. The lowest BCUT2D eigenvalue weighted by molar-refractivity contribution is 0.0707. The van der Waals surface area contributed by atoms with Gasteiger partial charge in [0.25, 0.3) is 5.91 Å². The van der Waals surface area contributed by atoms with E-state index in [4.69, 9.17) is 11.0 Å². The predicted octanol–water partition coefficient (Wildman–Crippen LogP) is 1.64. The van der Waals surface area contributed by atoms with Crippen LogP contribution in [0.5, 0.6) is 0 Å². The molecule has 1 aliphatic heterocycles. The van der Waals surface area contributed by atoms with Crippen molar-refractivity contribution in [1.82, 2.24) is 4.90 Å². The number of hydrogen-bond donors (Lipinski definition) is 1. The summed E-state index contributed by atoms with van der Waals surface area (Å²) in [6.45, 7) is 1.34. The number of nitrogen functional groups attached to an aromatic ring is 1. The molecule has 1 aliphatic rings. The molecule has 17 heavy (non-hydrogen) atoms. The van der Waals surface area contributed by atoms with Gasteiger partial charge in [-0.3, -0.25) is 4.79 Å². The number of hydrogen-bond acceptors (Lipinski definition) is 3. The molecule has 2 N–H and O–H groups in total. The number of likely N-dealkylation sites (tertiary alicyclic amines) is 1. The van der Waals surface area contributed by atoms with E-state index in [2.05, 4.69) is 6.07 Å². The van der Waals surface area contributed by atoms with Crippen LogP contribution in [0.2, 0.25) is 0 Å². The minimum absolute atomic E-state index is 0.0291. The average Bonchev–Trinajstić information content (AvgIpc) is 2.39. The Morgan fingerprint density at radius 1 is 1.29 bits per heavy atom. The Kier molecular flexibility index (Phi) is 3.29. The van der Waals surface area contributed by atoms with Gasteiger partial charge in [0, 0.05) is 30.3 Å². The largest absolute Gasteiger partial charge is 0.399 e. The maximum Gasteiger partial charge on any atom is 0.253 e. The Hall–Kier alpha value is -2.02. The minimum Gasteiger partial charge on any atom is -0.399 e. The van der Waals surface area contributed by atoms with Crippen molar-refractivity contribution >= 4 is 11.6 Å². The smallest absolute Gasteiger partial charge is 0.253 e. The van der Waals surface area contributed by atoms with Gasteiger partial charge in [-0.2, -0.15) is 5.26 Å². The van der Waals surface area contributed by atoms with Crippen LogP contribution in [0.3, 0.4) is 0 Å². The third-order valence-electron chi connectivity index (χ3n) is 3.12. The van der Waals surface area contributed by atoms with Gasteiger partial charge in [-0.05, 0) is 37.1 Å². The highest BCUT2D eigenvalue weighted by Gasteiger charge is 2.23. The normalized spacial score (nSPS) is 16.5. The lowest BCUT2D eigenvalue weighted by Crippen LogP contribution is -2.38. The zero-order chi connectivity index (χ0) is 12.3. The molecule has 1 fully saturated rings. The first-order valence-corrected chi connectivity index (χ1v) is 5.75. The van der Waals surface area contributed by atoms with Gasteiger partial charge in [0.2, 0.25) is 0 Å². The Morgan fingerprint density at radius 3 is 2.41 bits per heavy atom. The third-order valence-corrected chi connectivity index (χ3v) is 3.12. The van der Waals surface area contributed by atoms with Crippen molar-refractivity contribution in [1.29, 1.82) is 5.26 Å². The second-order valence-corrected chi connectivity index (χ2v) is 4.32. The van der Waals surface area contributed by atoms with Crippen molar-refractivity contribution < 1.29 is 4.79 Å². The van der Waals surface area contributed by atoms with E-state index in [1.165, 1.54) is 0 Å². The van der Waals surface area contributed by atoms with Crippen LogP contribution in [0.4, 0.5) is 5.69 Å². The molecule has 1 aromatic carbocycles. The molecule has 0 radical (unpaired) electrons. The van der Waals surface area contributed by atoms with Crippen LogP contribution in [-0.4, -0.2) is 23.9 Å². The van der Waals surface area contributed by atoms with Gasteiger partial charge in [-0.15, -0.1) is 0 Å². The number of anilines is 1. The molecular formula is C13H15N3O. The van der Waals surface area contributed by atoms with E-state index in [0.717, 1.165) is 12.8 Å². The molecule has 1 amide bonds. The quantitative estimate of drug-likeness (QED) is 0.744. The molecule has 2 rings (SSSR count). The number of nitrogens with two attached hydrogens (primary N) is 1. The fourth-order valence-corrected chi connectivity index (χ4v) is 2.02. The van der Waals surface area contributed by atoms with Crippen LogP contribution in [0.1, 0.15) is 23.2 Å². The highest BCUT2D eigenvalue weighted by Crippen LogP contribution is 2.18. The zero-order valence-corrected chi connectivity index (χ0v) is 9.60. The first kappa shape index (κ1) is 11.5. The van der Waals surface area contributed by atoms with E-state index in [-0.39, 0.29) is 11.8 Å². The van der Waals surface area contributed by atoms with Crippen molar-refractivity contribution in [2.24, 2.45) is 5.92 Å². The van der Waals surface area contributed by atoms with Gasteiger partial charge in [-0.1, -0.05) is 0 Å². The van der Waals surface area contributed by atoms with Gasteiger partial charge in [0.1, 0.15) is 0 Å². The highest BCUT2D eigenvalue weighted by atomic mass is 16.2. The van der Waals surface area contributed by atoms with Crippen molar-refractivity contribution in [2.45, 2.75) is 12.8 Å². The van der Waals surface area contributed by atoms with Gasteiger partial charge < -0.3 is 10.6 Å². The Bertz CT molecular complexity index is 439. The molecule has 0 aromatic heterocycles. The molecule has 0 atom stereocenters. The summed E-state index contributed by atoms with van der Waals surface area (Å²) in [6, 6.07) is 9.21. The van der Waals surface area contributed by atoms with Crippen LogP contribution < -0.4 is 5.73 Å². The molecule has 0 saturated carbocycles. The van der Waals surface area contributed by atoms with Gasteiger partial charge in [0.15, 0.2) is 0 Å². The van der Waals surface area contributed by atoms with Gasteiger partial charge >= 0.3 is 0 Å². The maximum absolute atomic E-state index is 12.1. The van der Waals surface area contributed by atoms with Crippen molar-refractivity contribution in [3.05, 3.63) is 29.8 Å². The number of carbonyl (C=O) groups is 1. The summed E-state index contributed by atoms with van der Waals surface area (Å²) in [5.74, 6) is 0.131. The Morgan fingerprint density at radius 2 is 1.88 bits per heavy atom. The first-order chi connectivity index (χ1) is 8.20. The second-order valence-electron chi connectivity index (χ2n) is 4.32. The number of nitrogens with zero attached hydrogens (tertiary/aromatic N) is 2. The van der Waals surface area contributed by atoms with Crippen molar-refractivity contribution in [3.8, 4) is 6.07 Å². The van der Waals surface area contributed by atoms with Crippen LogP contribution in [0.25, 0.3) is 0 Å². The first-order valence-electron chi connectivity index (χ1n) is 5.75. The topological polar surface area (TPSA) is 70.1 Å². The van der Waals surface area contributed by atoms with E-state index in [9.17, 15) is 4.79 Å². The summed E-state index contributed by atoms with van der Waals surface area (Å²) in [4.78, 5) is 13.9. The van der Waals surface area contributed by atoms with Crippen LogP contribution >= 0.6 is 0 Å². The zero-order valence-electron chi connectivity index (χ0n) is 9.60. The Labute approximate surface area is 101 Å². The summed E-state index contributed by atoms with van der Waals surface area (Å²) < 4.78 is 0. The van der Waals surface area contributed by atoms with Crippen LogP contribution in [-0.2, 0) is 0 Å². The second kappa shape index (κ2) is 4.88. The standard InChI is InChI=1S/C13H15N3O/c14-9-10-5-7-16(8-6-10)13(17)11-1-3-12(15)4-2-11/h1-4,10H,5-8,15H2. The molecule has 1 saturated heterocycles. The minimum atomic E-state index is 0.0291. The lowest BCUT2D eigenvalue weighted by atomic mass is 9.98. The molecule has 1 heterocycles. The van der Waals surface area contributed by atoms with Crippen LogP contribution in [0.15, 0.2) is 24.3 Å². The molecule has 1 aromatic rings. The third kappa shape index (κ3) is 2.56. The lowest BCUT2D eigenvalue weighted by Gasteiger charge is -2.29. The van der Waals surface area contributed by atoms with Crippen LogP contribution in [0, 0.1) is 17.2 Å². The van der Waals surface area contributed by atoms with E-state index < -0.39 is 0 Å². The van der Waals surface area contributed by atoms with Crippen molar-refractivity contribution in [3.63, 3.8) is 0 Å². The summed E-state index contributed by atoms with van der Waals surface area (Å²) >= 11 is 0. The summed E-state index contributed by atoms with van der Waals surface area (Å²) in [5, 5.41) is 8.80. The van der Waals surface area contributed by atoms with E-state index in [1.54, 1.807) is 29.2 Å². The molecule has 0 bridgehead atoms. The number of benzene rings is 1. The number of piperidine rings is 1. The molecular weight excluding hydrogens is 214 g/mol. The van der Waals surface area contributed by atoms with E-state index in [1.807, 2.05) is 0 Å². The summed E-state index contributed by atoms with van der Waals surface area (Å²) in [7, 11) is 0. The van der Waals surface area contributed by atoms with Crippen molar-refractivity contribution in [2.75, 3.05) is 18.8 Å². The number of amides is 1. The highest BCUT2D eigenvalue weighted by molar-refractivity contribution is 5.94. The molecule has 0 aliphatic carbocycles. The fraction of sp³-hybridized carbons (Fsp3) is 0.385. The number of nitriles is 1. The fourth-order valence-electron chi connectivity index (χ4n) is 2.02. The predicted molar refractivity (Wildman–Crippen MR) is 65.1 cm³/mol. The summed E-state index contributed by atoms with van der Waals surface area (Å²) in [5.41, 5.74) is 6.90. The van der Waals surface area contributed by atoms with E-state index in [0.29, 0.717) is 24.3 Å². The van der Waals surface area contributed by atoms with Gasteiger partial charge in [0.05, 0.1) is 6.07 Å². The SMILES string of the molecule is N#CC1CCN(C(=O)c2ccc(N)cc2)CC1. The Balaban J connectivity index is 2.02. The van der Waals surface area contributed by atoms with Gasteiger partial charge in [-0.25, -0.2) is 0 Å². The molecule has 4 nitrogen and oxygen atoms in total. The maximum atomic E-state index is 12.1. The average molecular weight is 229 g/mol. The summed E-state index contributed by atoms with van der Waals surface area (Å²) in [6.07, 6.45) is 1.55.